The van der Waals surface area contributed by atoms with Crippen LogP contribution in [0.1, 0.15) is 34.6 Å². The molecule has 0 bridgehead atoms. The zero-order valence-corrected chi connectivity index (χ0v) is 15.6. The fourth-order valence-corrected chi connectivity index (χ4v) is 3.53. The Bertz CT molecular complexity index is 1180. The van der Waals surface area contributed by atoms with E-state index in [-0.39, 0.29) is 40.9 Å². The number of carbonyl (C=O) groups is 1. The van der Waals surface area contributed by atoms with Gasteiger partial charge in [-0.15, -0.1) is 0 Å². The molecule has 0 saturated carbocycles. The second-order valence-electron chi connectivity index (χ2n) is 7.01. The zero-order chi connectivity index (χ0) is 21.4. The molecule has 1 heterocycles. The molecule has 0 fully saturated rings. The Morgan fingerprint density at radius 3 is 2.20 bits per heavy atom. The molecule has 0 unspecified atom stereocenters. The summed E-state index contributed by atoms with van der Waals surface area (Å²) >= 11 is 0. The molecule has 0 amide bonds. The number of hydrogen-bond acceptors (Lipinski definition) is 7. The highest BCUT2D eigenvalue weighted by Crippen LogP contribution is 2.44. The molecule has 4 rings (SSSR count). The number of ether oxygens (including phenoxy) is 1. The van der Waals surface area contributed by atoms with Gasteiger partial charge in [0.25, 0.3) is 0 Å². The van der Waals surface area contributed by atoms with Gasteiger partial charge in [-0.05, 0) is 47.0 Å². The first-order valence-corrected chi connectivity index (χ1v) is 9.11. The number of aromatic hydroxyl groups is 5. The maximum atomic E-state index is 12.1. The van der Waals surface area contributed by atoms with Crippen LogP contribution >= 0.6 is 0 Å². The number of benzene rings is 3. The van der Waals surface area contributed by atoms with Crippen LogP contribution in [0.25, 0.3) is 12.2 Å². The quantitative estimate of drug-likeness (QED) is 0.194. The highest BCUT2D eigenvalue weighted by atomic mass is 16.5. The monoisotopic (exact) mass is 406 g/mol. The lowest BCUT2D eigenvalue weighted by molar-refractivity contribution is -0.135. The Labute approximate surface area is 171 Å². The smallest absolute Gasteiger partial charge is 0.312 e. The lowest BCUT2D eigenvalue weighted by atomic mass is 9.83. The first kappa shape index (κ1) is 19.2. The predicted octanol–water partition coefficient (Wildman–Crippen LogP) is 3.83. The molecule has 0 radical (unpaired) electrons. The van der Waals surface area contributed by atoms with E-state index in [1.54, 1.807) is 24.3 Å². The standard InChI is InChI=1S/C23H18O7/c24-15-8-14(3-1-12-2-5-17(25)19(27)7-12)23-16(11-22(29)30-21(23)10-15)13-4-6-18(26)20(28)9-13/h1-10,16,24-28H,11H2/t16-/m1/s1. The van der Waals surface area contributed by atoms with E-state index in [0.29, 0.717) is 22.3 Å². The molecule has 5 N–H and O–H groups in total. The van der Waals surface area contributed by atoms with E-state index < -0.39 is 11.9 Å². The second kappa shape index (κ2) is 7.36. The summed E-state index contributed by atoms with van der Waals surface area (Å²) in [6.07, 6.45) is 3.38. The van der Waals surface area contributed by atoms with Gasteiger partial charge in [-0.1, -0.05) is 24.3 Å². The van der Waals surface area contributed by atoms with Gasteiger partial charge in [-0.3, -0.25) is 4.79 Å². The van der Waals surface area contributed by atoms with E-state index >= 15 is 0 Å². The third kappa shape index (κ3) is 3.60. The lowest BCUT2D eigenvalue weighted by Crippen LogP contribution is -2.21. The molecule has 0 aromatic heterocycles. The summed E-state index contributed by atoms with van der Waals surface area (Å²) in [7, 11) is 0. The van der Waals surface area contributed by atoms with Gasteiger partial charge in [0, 0.05) is 17.5 Å². The van der Waals surface area contributed by atoms with Crippen molar-refractivity contribution in [1.29, 1.82) is 0 Å². The molecule has 7 heteroatoms. The number of phenolic OH excluding ortho intramolecular Hbond substituents is 5. The van der Waals surface area contributed by atoms with Crippen molar-refractivity contribution in [2.24, 2.45) is 0 Å². The normalized spacial score (nSPS) is 15.7. The average Bonchev–Trinajstić information content (AvgIpc) is 2.69. The van der Waals surface area contributed by atoms with Gasteiger partial charge in [0.2, 0.25) is 0 Å². The van der Waals surface area contributed by atoms with Crippen molar-refractivity contribution >= 4 is 18.1 Å². The topological polar surface area (TPSA) is 127 Å². The molecule has 152 valence electrons. The maximum absolute atomic E-state index is 12.1. The molecule has 1 aliphatic heterocycles. The minimum atomic E-state index is -0.482. The Balaban J connectivity index is 1.82. The van der Waals surface area contributed by atoms with Crippen LogP contribution in [-0.4, -0.2) is 31.5 Å². The summed E-state index contributed by atoms with van der Waals surface area (Å²) < 4.78 is 5.33. The van der Waals surface area contributed by atoms with Crippen LogP contribution in [0.3, 0.4) is 0 Å². The molecule has 0 saturated heterocycles. The van der Waals surface area contributed by atoms with E-state index in [1.807, 2.05) is 0 Å². The van der Waals surface area contributed by atoms with Gasteiger partial charge >= 0.3 is 5.97 Å². The Kier molecular flexibility index (Phi) is 4.71. The Morgan fingerprint density at radius 2 is 1.50 bits per heavy atom. The van der Waals surface area contributed by atoms with Crippen molar-refractivity contribution in [1.82, 2.24) is 0 Å². The van der Waals surface area contributed by atoms with Crippen LogP contribution in [-0.2, 0) is 4.79 Å². The van der Waals surface area contributed by atoms with Crippen LogP contribution < -0.4 is 4.74 Å². The molecule has 1 aliphatic rings. The molecule has 3 aromatic carbocycles. The van der Waals surface area contributed by atoms with E-state index in [0.717, 1.165) is 0 Å². The van der Waals surface area contributed by atoms with Crippen molar-refractivity contribution in [3.8, 4) is 34.5 Å². The van der Waals surface area contributed by atoms with E-state index in [4.69, 9.17) is 4.74 Å². The summed E-state index contributed by atoms with van der Waals surface area (Å²) in [6.45, 7) is 0. The van der Waals surface area contributed by atoms with Crippen molar-refractivity contribution < 1.29 is 35.1 Å². The number of esters is 1. The number of phenols is 5. The number of carbonyl (C=O) groups excluding carboxylic acids is 1. The largest absolute Gasteiger partial charge is 0.508 e. The highest BCUT2D eigenvalue weighted by Gasteiger charge is 2.31. The summed E-state index contributed by atoms with van der Waals surface area (Å²) in [4.78, 5) is 12.1. The van der Waals surface area contributed by atoms with Crippen molar-refractivity contribution in [2.45, 2.75) is 12.3 Å². The first-order chi connectivity index (χ1) is 14.3. The molecular weight excluding hydrogens is 388 g/mol. The fourth-order valence-electron chi connectivity index (χ4n) is 3.53. The molecule has 3 aromatic rings. The lowest BCUT2D eigenvalue weighted by Gasteiger charge is -2.27. The van der Waals surface area contributed by atoms with Gasteiger partial charge in [-0.25, -0.2) is 0 Å². The molecule has 30 heavy (non-hydrogen) atoms. The van der Waals surface area contributed by atoms with E-state index in [2.05, 4.69) is 0 Å². The van der Waals surface area contributed by atoms with Crippen LogP contribution in [0.5, 0.6) is 34.5 Å². The molecule has 1 atom stereocenters. The predicted molar refractivity (Wildman–Crippen MR) is 109 cm³/mol. The summed E-state index contributed by atoms with van der Waals surface area (Å²) in [5, 5.41) is 48.7. The van der Waals surface area contributed by atoms with Crippen LogP contribution in [0.2, 0.25) is 0 Å². The molecule has 0 aliphatic carbocycles. The number of rotatable bonds is 3. The van der Waals surface area contributed by atoms with Crippen LogP contribution in [0.15, 0.2) is 48.5 Å². The van der Waals surface area contributed by atoms with Crippen LogP contribution in [0.4, 0.5) is 0 Å². The fraction of sp³-hybridized carbons (Fsp3) is 0.0870. The third-order valence-electron chi connectivity index (χ3n) is 4.96. The number of hydrogen-bond donors (Lipinski definition) is 5. The average molecular weight is 406 g/mol. The Morgan fingerprint density at radius 1 is 0.800 bits per heavy atom. The molecule has 0 spiro atoms. The summed E-state index contributed by atoms with van der Waals surface area (Å²) in [6, 6.07) is 11.6. The number of fused-ring (bicyclic) bond motifs is 1. The SMILES string of the molecule is O=C1C[C@H](c2ccc(O)c(O)c2)c2c(C=Cc3ccc(O)c(O)c3)cc(O)cc2O1. The van der Waals surface area contributed by atoms with E-state index in [9.17, 15) is 30.3 Å². The highest BCUT2D eigenvalue weighted by molar-refractivity contribution is 5.82. The molecular formula is C23H18O7. The summed E-state index contributed by atoms with van der Waals surface area (Å²) in [5.74, 6) is -1.91. The van der Waals surface area contributed by atoms with Gasteiger partial charge < -0.3 is 30.3 Å². The second-order valence-corrected chi connectivity index (χ2v) is 7.01. The van der Waals surface area contributed by atoms with Gasteiger partial charge in [-0.2, -0.15) is 0 Å². The van der Waals surface area contributed by atoms with E-state index in [1.165, 1.54) is 36.4 Å². The van der Waals surface area contributed by atoms with Crippen molar-refractivity contribution in [3.05, 3.63) is 70.8 Å². The van der Waals surface area contributed by atoms with Gasteiger partial charge in [0.1, 0.15) is 11.5 Å². The Hall–Kier alpha value is -4.13. The summed E-state index contributed by atoms with van der Waals surface area (Å²) in [5.41, 5.74) is 2.42. The first-order valence-electron chi connectivity index (χ1n) is 9.11. The van der Waals surface area contributed by atoms with Crippen molar-refractivity contribution in [3.63, 3.8) is 0 Å². The van der Waals surface area contributed by atoms with Crippen molar-refractivity contribution in [2.75, 3.05) is 0 Å². The minimum Gasteiger partial charge on any atom is -0.508 e. The van der Waals surface area contributed by atoms with Crippen LogP contribution in [0, 0.1) is 0 Å². The van der Waals surface area contributed by atoms with Gasteiger partial charge in [0.05, 0.1) is 6.42 Å². The molecule has 7 nitrogen and oxygen atoms in total. The van der Waals surface area contributed by atoms with Gasteiger partial charge in [0.15, 0.2) is 23.0 Å². The zero-order valence-electron chi connectivity index (χ0n) is 15.6. The third-order valence-corrected chi connectivity index (χ3v) is 4.96. The maximum Gasteiger partial charge on any atom is 0.312 e. The minimum absolute atomic E-state index is 0.0167.